The third-order valence-electron chi connectivity index (χ3n) is 3.09. The second kappa shape index (κ2) is 8.03. The topological polar surface area (TPSA) is 64.1 Å². The van der Waals surface area contributed by atoms with Gasteiger partial charge in [-0.1, -0.05) is 63.7 Å². The maximum Gasteiger partial charge on any atom is 0.229 e. The molecule has 1 amide bonds. The van der Waals surface area contributed by atoms with Crippen molar-refractivity contribution in [2.45, 2.75) is 6.42 Å². The Labute approximate surface area is 151 Å². The Balaban J connectivity index is 1.49. The van der Waals surface area contributed by atoms with Gasteiger partial charge in [0, 0.05) is 10.0 Å². The highest BCUT2D eigenvalue weighted by Crippen LogP contribution is 2.26. The van der Waals surface area contributed by atoms with E-state index < -0.39 is 0 Å². The number of benzene rings is 2. The van der Waals surface area contributed by atoms with Crippen LogP contribution in [0.1, 0.15) is 6.42 Å². The molecule has 0 aliphatic heterocycles. The summed E-state index contributed by atoms with van der Waals surface area (Å²) in [5.41, 5.74) is 0.980. The van der Waals surface area contributed by atoms with Gasteiger partial charge in [-0.15, -0.1) is 10.2 Å². The van der Waals surface area contributed by atoms with E-state index in [2.05, 4.69) is 31.4 Å². The number of hydrogen-bond donors (Lipinski definition) is 1. The number of nitrogens with zero attached hydrogens (tertiary/aromatic N) is 2. The fourth-order valence-electron chi connectivity index (χ4n) is 1.97. The molecule has 0 saturated heterocycles. The minimum atomic E-state index is -0.152. The summed E-state index contributed by atoms with van der Waals surface area (Å²) >= 11 is 4.72. The fourth-order valence-corrected chi connectivity index (χ4v) is 3.11. The highest BCUT2D eigenvalue weighted by Gasteiger charge is 2.09. The second-order valence-electron chi connectivity index (χ2n) is 4.88. The average Bonchev–Trinajstić information content (AvgIpc) is 3.04. The summed E-state index contributed by atoms with van der Waals surface area (Å²) in [4.78, 5) is 12.0. The molecule has 1 heterocycles. The number of carbonyl (C=O) groups is 1. The third-order valence-corrected chi connectivity index (χ3v) is 4.47. The van der Waals surface area contributed by atoms with Crippen molar-refractivity contribution in [2.75, 3.05) is 11.9 Å². The van der Waals surface area contributed by atoms with Gasteiger partial charge in [0.25, 0.3) is 0 Å². The van der Waals surface area contributed by atoms with Gasteiger partial charge in [0.15, 0.2) is 0 Å². The van der Waals surface area contributed by atoms with Gasteiger partial charge in [-0.05, 0) is 18.2 Å². The highest BCUT2D eigenvalue weighted by molar-refractivity contribution is 9.10. The number of hydrogen-bond acceptors (Lipinski definition) is 5. The lowest BCUT2D eigenvalue weighted by Crippen LogP contribution is -2.15. The Kier molecular flexibility index (Phi) is 5.55. The number of aromatic nitrogens is 2. The first-order valence-electron chi connectivity index (χ1n) is 7.28. The Bertz CT molecular complexity index is 823. The first-order valence-corrected chi connectivity index (χ1v) is 8.89. The van der Waals surface area contributed by atoms with Crippen LogP contribution in [0.3, 0.4) is 0 Å². The second-order valence-corrected chi connectivity index (χ2v) is 6.78. The van der Waals surface area contributed by atoms with Gasteiger partial charge in [0.1, 0.15) is 10.8 Å². The first kappa shape index (κ1) is 16.6. The van der Waals surface area contributed by atoms with Crippen molar-refractivity contribution in [1.82, 2.24) is 10.2 Å². The number of anilines is 1. The van der Waals surface area contributed by atoms with E-state index in [4.69, 9.17) is 4.74 Å². The number of rotatable bonds is 6. The van der Waals surface area contributed by atoms with Gasteiger partial charge in [0.05, 0.1) is 13.0 Å². The zero-order valence-corrected chi connectivity index (χ0v) is 15.0. The molecule has 5 nitrogen and oxygen atoms in total. The molecule has 0 fully saturated rings. The van der Waals surface area contributed by atoms with Crippen molar-refractivity contribution >= 4 is 38.3 Å². The largest absolute Gasteiger partial charge is 0.493 e. The minimum absolute atomic E-state index is 0.152. The highest BCUT2D eigenvalue weighted by atomic mass is 79.9. The van der Waals surface area contributed by atoms with Gasteiger partial charge >= 0.3 is 0 Å². The van der Waals surface area contributed by atoms with E-state index in [1.807, 2.05) is 54.6 Å². The molecule has 0 saturated carbocycles. The van der Waals surface area contributed by atoms with Crippen molar-refractivity contribution in [3.05, 3.63) is 59.1 Å². The molecular weight excluding hydrogens is 390 g/mol. The number of amides is 1. The quantitative estimate of drug-likeness (QED) is 0.663. The molecule has 0 aliphatic carbocycles. The summed E-state index contributed by atoms with van der Waals surface area (Å²) in [6.45, 7) is 0.298. The summed E-state index contributed by atoms with van der Waals surface area (Å²) in [6, 6.07) is 17.2. The van der Waals surface area contributed by atoms with E-state index in [0.29, 0.717) is 11.7 Å². The number of ether oxygens (including phenoxy) is 1. The standard InChI is InChI=1S/C17H14BrN3O2S/c18-13-7-4-8-14(11-13)23-10-9-15(22)19-17-21-20-16(24-17)12-5-2-1-3-6-12/h1-8,11H,9-10H2,(H,19,21,22). The Morgan fingerprint density at radius 2 is 1.96 bits per heavy atom. The molecule has 24 heavy (non-hydrogen) atoms. The molecule has 3 rings (SSSR count). The zero-order valence-electron chi connectivity index (χ0n) is 12.6. The first-order chi connectivity index (χ1) is 11.7. The lowest BCUT2D eigenvalue weighted by atomic mass is 10.2. The summed E-state index contributed by atoms with van der Waals surface area (Å²) in [5, 5.41) is 12.1. The van der Waals surface area contributed by atoms with Crippen LogP contribution < -0.4 is 10.1 Å². The van der Waals surface area contributed by atoms with Crippen molar-refractivity contribution in [3.8, 4) is 16.3 Å². The van der Waals surface area contributed by atoms with Crippen LogP contribution in [0.4, 0.5) is 5.13 Å². The molecule has 0 aliphatic rings. The molecule has 122 valence electrons. The fraction of sp³-hybridized carbons (Fsp3) is 0.118. The van der Waals surface area contributed by atoms with Crippen LogP contribution in [-0.4, -0.2) is 22.7 Å². The zero-order chi connectivity index (χ0) is 16.8. The van der Waals surface area contributed by atoms with Crippen LogP contribution in [-0.2, 0) is 4.79 Å². The normalized spacial score (nSPS) is 10.4. The van der Waals surface area contributed by atoms with E-state index in [9.17, 15) is 4.79 Å². The smallest absolute Gasteiger partial charge is 0.229 e. The average molecular weight is 404 g/mol. The molecule has 0 radical (unpaired) electrons. The third kappa shape index (κ3) is 4.62. The predicted octanol–water partition coefficient (Wildman–Crippen LogP) is 4.38. The number of halogens is 1. The van der Waals surface area contributed by atoms with Crippen LogP contribution in [0.25, 0.3) is 10.6 Å². The van der Waals surface area contributed by atoms with E-state index in [1.165, 1.54) is 11.3 Å². The lowest BCUT2D eigenvalue weighted by molar-refractivity contribution is -0.116. The SMILES string of the molecule is O=C(CCOc1cccc(Br)c1)Nc1nnc(-c2ccccc2)s1. The van der Waals surface area contributed by atoms with Gasteiger partial charge in [0.2, 0.25) is 11.0 Å². The number of carbonyl (C=O) groups excluding carboxylic acids is 1. The van der Waals surface area contributed by atoms with Crippen LogP contribution in [0.15, 0.2) is 59.1 Å². The van der Waals surface area contributed by atoms with E-state index in [-0.39, 0.29) is 12.3 Å². The molecule has 0 bridgehead atoms. The van der Waals surface area contributed by atoms with Crippen molar-refractivity contribution in [2.24, 2.45) is 0 Å². The van der Waals surface area contributed by atoms with Gasteiger partial charge in [-0.2, -0.15) is 0 Å². The van der Waals surface area contributed by atoms with Crippen molar-refractivity contribution in [1.29, 1.82) is 0 Å². The van der Waals surface area contributed by atoms with Crippen LogP contribution in [0.5, 0.6) is 5.75 Å². The molecule has 1 N–H and O–H groups in total. The predicted molar refractivity (Wildman–Crippen MR) is 98.2 cm³/mol. The Morgan fingerprint density at radius 1 is 1.12 bits per heavy atom. The summed E-state index contributed by atoms with van der Waals surface area (Å²) < 4.78 is 6.48. The van der Waals surface area contributed by atoms with Crippen LogP contribution >= 0.6 is 27.3 Å². The van der Waals surface area contributed by atoms with E-state index in [0.717, 1.165) is 20.8 Å². The lowest BCUT2D eigenvalue weighted by Gasteiger charge is -2.06. The maximum absolute atomic E-state index is 12.0. The van der Waals surface area contributed by atoms with Crippen molar-refractivity contribution < 1.29 is 9.53 Å². The molecule has 0 unspecified atom stereocenters. The van der Waals surface area contributed by atoms with Crippen LogP contribution in [0.2, 0.25) is 0 Å². The monoisotopic (exact) mass is 403 g/mol. The minimum Gasteiger partial charge on any atom is -0.493 e. The van der Waals surface area contributed by atoms with E-state index in [1.54, 1.807) is 0 Å². The molecule has 2 aromatic carbocycles. The molecule has 3 aromatic rings. The van der Waals surface area contributed by atoms with E-state index >= 15 is 0 Å². The van der Waals surface area contributed by atoms with Gasteiger partial charge in [-0.25, -0.2) is 0 Å². The molecule has 1 aromatic heterocycles. The maximum atomic E-state index is 12.0. The van der Waals surface area contributed by atoms with Gasteiger partial charge in [-0.3, -0.25) is 4.79 Å². The molecule has 7 heteroatoms. The molecular formula is C17H14BrN3O2S. The Hall–Kier alpha value is -2.25. The molecule has 0 atom stereocenters. The number of nitrogens with one attached hydrogen (secondary N) is 1. The van der Waals surface area contributed by atoms with Crippen LogP contribution in [0, 0.1) is 0 Å². The summed E-state index contributed by atoms with van der Waals surface area (Å²) in [7, 11) is 0. The van der Waals surface area contributed by atoms with Crippen molar-refractivity contribution in [3.63, 3.8) is 0 Å². The summed E-state index contributed by atoms with van der Waals surface area (Å²) in [5.74, 6) is 0.570. The Morgan fingerprint density at radius 3 is 2.75 bits per heavy atom. The van der Waals surface area contributed by atoms with Gasteiger partial charge < -0.3 is 10.1 Å². The molecule has 0 spiro atoms. The summed E-state index contributed by atoms with van der Waals surface area (Å²) in [6.07, 6.45) is 0.243.